The van der Waals surface area contributed by atoms with Crippen LogP contribution in [0.2, 0.25) is 0 Å². The summed E-state index contributed by atoms with van der Waals surface area (Å²) in [4.78, 5) is 0. The summed E-state index contributed by atoms with van der Waals surface area (Å²) in [5.41, 5.74) is 4.54. The highest BCUT2D eigenvalue weighted by Crippen LogP contribution is 2.46. The van der Waals surface area contributed by atoms with Gasteiger partial charge < -0.3 is 10.2 Å². The average molecular weight is 362 g/mol. The first-order valence-electron chi connectivity index (χ1n) is 9.36. The second-order valence-electron chi connectivity index (χ2n) is 7.58. The summed E-state index contributed by atoms with van der Waals surface area (Å²) in [6.07, 6.45) is 1.62. The highest BCUT2D eigenvalue weighted by atomic mass is 19.1. The topological polar surface area (TPSA) is 40.5 Å². The first kappa shape index (κ1) is 17.6. The lowest BCUT2D eigenvalue weighted by molar-refractivity contribution is 0.346. The second-order valence-corrected chi connectivity index (χ2v) is 7.58. The maximum atomic E-state index is 13.7. The van der Waals surface area contributed by atoms with E-state index in [2.05, 4.69) is 6.92 Å². The van der Waals surface area contributed by atoms with Crippen molar-refractivity contribution < 1.29 is 14.6 Å². The lowest BCUT2D eigenvalue weighted by Crippen LogP contribution is -2.27. The highest BCUT2D eigenvalue weighted by molar-refractivity contribution is 5.43. The molecule has 3 unspecified atom stereocenters. The maximum absolute atomic E-state index is 13.7. The second kappa shape index (κ2) is 7.07. The van der Waals surface area contributed by atoms with Crippen molar-refractivity contribution in [3.8, 4) is 11.5 Å². The van der Waals surface area contributed by atoms with E-state index in [1.54, 1.807) is 30.3 Å². The van der Waals surface area contributed by atoms with E-state index in [1.807, 2.05) is 30.3 Å². The number of rotatable bonds is 3. The first-order chi connectivity index (χ1) is 13.0. The number of aromatic hydroxyl groups is 2. The average Bonchev–Trinajstić information content (AvgIpc) is 2.65. The van der Waals surface area contributed by atoms with Gasteiger partial charge in [0.25, 0.3) is 0 Å². The van der Waals surface area contributed by atoms with Crippen LogP contribution in [0.4, 0.5) is 4.39 Å². The third kappa shape index (κ3) is 3.55. The molecular weight excluding hydrogens is 339 g/mol. The van der Waals surface area contributed by atoms with E-state index >= 15 is 0 Å². The molecule has 0 radical (unpaired) electrons. The van der Waals surface area contributed by atoms with Gasteiger partial charge in [-0.05, 0) is 89.2 Å². The van der Waals surface area contributed by atoms with Crippen molar-refractivity contribution >= 4 is 0 Å². The van der Waals surface area contributed by atoms with Gasteiger partial charge in [-0.15, -0.1) is 0 Å². The Kier molecular flexibility index (Phi) is 4.61. The molecule has 0 bridgehead atoms. The molecule has 3 aromatic rings. The fourth-order valence-electron chi connectivity index (χ4n) is 4.46. The number of phenolic OH excluding ortho intramolecular Hbond substituents is 2. The Morgan fingerprint density at radius 1 is 0.926 bits per heavy atom. The highest BCUT2D eigenvalue weighted by Gasteiger charge is 2.35. The zero-order chi connectivity index (χ0) is 19.0. The fraction of sp³-hybridized carbons (Fsp3) is 0.250. The minimum absolute atomic E-state index is 0.182. The van der Waals surface area contributed by atoms with Crippen molar-refractivity contribution in [1.29, 1.82) is 0 Å². The van der Waals surface area contributed by atoms with Gasteiger partial charge in [0, 0.05) is 0 Å². The van der Waals surface area contributed by atoms with Crippen molar-refractivity contribution in [3.63, 3.8) is 0 Å². The summed E-state index contributed by atoms with van der Waals surface area (Å²) < 4.78 is 13.7. The molecule has 0 amide bonds. The zero-order valence-electron chi connectivity index (χ0n) is 15.3. The molecule has 1 aliphatic rings. The van der Waals surface area contributed by atoms with Gasteiger partial charge in [-0.2, -0.15) is 0 Å². The van der Waals surface area contributed by atoms with Crippen LogP contribution in [-0.2, 0) is 12.8 Å². The van der Waals surface area contributed by atoms with Gasteiger partial charge in [0.15, 0.2) is 0 Å². The summed E-state index contributed by atoms with van der Waals surface area (Å²) in [6.45, 7) is 2.23. The Bertz CT molecular complexity index is 949. The van der Waals surface area contributed by atoms with Gasteiger partial charge in [-0.25, -0.2) is 4.39 Å². The van der Waals surface area contributed by atoms with Crippen LogP contribution in [-0.4, -0.2) is 10.2 Å². The molecule has 0 spiro atoms. The maximum Gasteiger partial charge on any atom is 0.123 e. The van der Waals surface area contributed by atoms with Gasteiger partial charge in [0.05, 0.1) is 0 Å². The van der Waals surface area contributed by atoms with E-state index < -0.39 is 0 Å². The van der Waals surface area contributed by atoms with Crippen LogP contribution in [0.3, 0.4) is 0 Å². The number of phenols is 2. The normalized spacial score (nSPS) is 21.6. The number of hydrogen-bond donors (Lipinski definition) is 2. The van der Waals surface area contributed by atoms with Crippen LogP contribution in [0.15, 0.2) is 66.7 Å². The van der Waals surface area contributed by atoms with Crippen LogP contribution in [0.1, 0.15) is 41.0 Å². The SMILES string of the molecule is CC1C(c2ccc(O)cc2)Cc2ccc(O)cc2C1Cc1cccc(F)c1. The molecule has 3 heteroatoms. The molecule has 2 nitrogen and oxygen atoms in total. The molecule has 0 aromatic heterocycles. The molecule has 27 heavy (non-hydrogen) atoms. The predicted octanol–water partition coefficient (Wildman–Crippen LogP) is 5.54. The van der Waals surface area contributed by atoms with Gasteiger partial charge in [-0.3, -0.25) is 0 Å². The molecule has 0 fully saturated rings. The van der Waals surface area contributed by atoms with Crippen LogP contribution >= 0.6 is 0 Å². The molecule has 1 aliphatic carbocycles. The minimum atomic E-state index is -0.220. The van der Waals surface area contributed by atoms with Crippen molar-refractivity contribution in [1.82, 2.24) is 0 Å². The third-order valence-electron chi connectivity index (χ3n) is 5.90. The van der Waals surface area contributed by atoms with Crippen molar-refractivity contribution in [2.75, 3.05) is 0 Å². The van der Waals surface area contributed by atoms with E-state index in [0.29, 0.717) is 11.8 Å². The molecule has 0 heterocycles. The summed E-state index contributed by atoms with van der Waals surface area (Å²) in [5, 5.41) is 19.6. The zero-order valence-corrected chi connectivity index (χ0v) is 15.3. The van der Waals surface area contributed by atoms with E-state index in [9.17, 15) is 14.6 Å². The van der Waals surface area contributed by atoms with Crippen molar-refractivity contribution in [3.05, 3.63) is 94.8 Å². The fourth-order valence-corrected chi connectivity index (χ4v) is 4.46. The van der Waals surface area contributed by atoms with E-state index in [4.69, 9.17) is 0 Å². The summed E-state index contributed by atoms with van der Waals surface area (Å²) in [7, 11) is 0. The first-order valence-corrected chi connectivity index (χ1v) is 9.36. The Labute approximate surface area is 158 Å². The molecule has 138 valence electrons. The quantitative estimate of drug-likeness (QED) is 0.642. The van der Waals surface area contributed by atoms with Gasteiger partial charge >= 0.3 is 0 Å². The summed E-state index contributed by atoms with van der Waals surface area (Å²) >= 11 is 0. The number of halogens is 1. The molecule has 2 N–H and O–H groups in total. The van der Waals surface area contributed by atoms with Crippen molar-refractivity contribution in [2.24, 2.45) is 5.92 Å². The summed E-state index contributed by atoms with van der Waals surface area (Å²) in [6, 6.07) is 19.8. The molecule has 0 saturated heterocycles. The minimum Gasteiger partial charge on any atom is -0.508 e. The predicted molar refractivity (Wildman–Crippen MR) is 105 cm³/mol. The molecule has 4 rings (SSSR count). The Balaban J connectivity index is 1.74. The van der Waals surface area contributed by atoms with Gasteiger partial charge in [0.1, 0.15) is 17.3 Å². The van der Waals surface area contributed by atoms with Gasteiger partial charge in [0.2, 0.25) is 0 Å². The number of benzene rings is 3. The summed E-state index contributed by atoms with van der Waals surface area (Å²) in [5.74, 6) is 1.12. The largest absolute Gasteiger partial charge is 0.508 e. The van der Waals surface area contributed by atoms with Crippen LogP contribution in [0, 0.1) is 11.7 Å². The molecule has 3 atom stereocenters. The lowest BCUT2D eigenvalue weighted by Gasteiger charge is -2.38. The molecular formula is C24H23FO2. The Morgan fingerprint density at radius 3 is 2.41 bits per heavy atom. The van der Waals surface area contributed by atoms with E-state index in [-0.39, 0.29) is 23.2 Å². The standard InChI is InChI=1S/C24H23FO2/c1-15-22(17-5-8-20(26)9-6-17)13-18-7-10-21(27)14-24(18)23(15)12-16-3-2-4-19(25)11-16/h2-11,14-15,22-23,26-27H,12-13H2,1H3. The molecule has 0 saturated carbocycles. The van der Waals surface area contributed by atoms with Gasteiger partial charge in [-0.1, -0.05) is 37.3 Å². The molecule has 0 aliphatic heterocycles. The smallest absolute Gasteiger partial charge is 0.123 e. The monoisotopic (exact) mass is 362 g/mol. The van der Waals surface area contributed by atoms with E-state index in [1.165, 1.54) is 17.2 Å². The van der Waals surface area contributed by atoms with Crippen molar-refractivity contribution in [2.45, 2.75) is 31.6 Å². The lowest BCUT2D eigenvalue weighted by atomic mass is 9.66. The molecule has 3 aromatic carbocycles. The Hall–Kier alpha value is -2.81. The Morgan fingerprint density at radius 2 is 1.67 bits per heavy atom. The van der Waals surface area contributed by atoms with E-state index in [0.717, 1.165) is 24.0 Å². The van der Waals surface area contributed by atoms with Crippen LogP contribution < -0.4 is 0 Å². The number of hydrogen-bond acceptors (Lipinski definition) is 2. The number of fused-ring (bicyclic) bond motifs is 1. The van der Waals surface area contributed by atoms with Crippen LogP contribution in [0.25, 0.3) is 0 Å². The third-order valence-corrected chi connectivity index (χ3v) is 5.90. The van der Waals surface area contributed by atoms with Crippen LogP contribution in [0.5, 0.6) is 11.5 Å².